The highest BCUT2D eigenvalue weighted by atomic mass is 15.3. The molecule has 0 N–H and O–H groups in total. The van der Waals surface area contributed by atoms with Crippen molar-refractivity contribution in [1.29, 1.82) is 0 Å². The van der Waals surface area contributed by atoms with Crippen molar-refractivity contribution in [2.24, 2.45) is 0 Å². The molecule has 15 heavy (non-hydrogen) atoms. The lowest BCUT2D eigenvalue weighted by atomic mass is 10.0. The maximum Gasteiger partial charge on any atom is 0.0664 e. The van der Waals surface area contributed by atoms with E-state index in [-0.39, 0.29) is 0 Å². The molecule has 0 aliphatic heterocycles. The van der Waals surface area contributed by atoms with E-state index in [1.54, 1.807) is 0 Å². The van der Waals surface area contributed by atoms with Crippen LogP contribution in [-0.4, -0.2) is 9.78 Å². The summed E-state index contributed by atoms with van der Waals surface area (Å²) in [6, 6.07) is 8.44. The van der Waals surface area contributed by atoms with E-state index >= 15 is 0 Å². The summed E-state index contributed by atoms with van der Waals surface area (Å²) in [6.45, 7) is 7.19. The highest BCUT2D eigenvalue weighted by Crippen LogP contribution is 2.14. The normalized spacial score (nSPS) is 10.6. The number of hydrogen-bond acceptors (Lipinski definition) is 1. The smallest absolute Gasteiger partial charge is 0.0664 e. The molecule has 0 aliphatic rings. The summed E-state index contributed by atoms with van der Waals surface area (Å²) in [4.78, 5) is 0. The molecule has 2 heteroatoms. The van der Waals surface area contributed by atoms with Crippen molar-refractivity contribution in [3.8, 4) is 0 Å². The Labute approximate surface area is 90.6 Å². The van der Waals surface area contributed by atoms with Crippen molar-refractivity contribution in [2.75, 3.05) is 0 Å². The van der Waals surface area contributed by atoms with Gasteiger partial charge in [-0.2, -0.15) is 5.10 Å². The van der Waals surface area contributed by atoms with Crippen LogP contribution in [0.4, 0.5) is 0 Å². The van der Waals surface area contributed by atoms with Gasteiger partial charge in [-0.05, 0) is 43.5 Å². The molecular formula is C13H16N2. The van der Waals surface area contributed by atoms with Crippen LogP contribution in [0.15, 0.2) is 30.5 Å². The molecule has 0 fully saturated rings. The molecule has 1 aromatic carbocycles. The molecule has 0 spiro atoms. The zero-order chi connectivity index (χ0) is 10.8. The average Bonchev–Trinajstić information content (AvgIpc) is 2.58. The van der Waals surface area contributed by atoms with Crippen molar-refractivity contribution in [2.45, 2.75) is 27.3 Å². The molecule has 0 aliphatic carbocycles. The minimum absolute atomic E-state index is 0.867. The van der Waals surface area contributed by atoms with E-state index in [1.165, 1.54) is 16.7 Å². The first-order valence-corrected chi connectivity index (χ1v) is 5.22. The number of benzene rings is 1. The van der Waals surface area contributed by atoms with Crippen molar-refractivity contribution in [3.05, 3.63) is 52.8 Å². The molecule has 0 amide bonds. The molecular weight excluding hydrogens is 184 g/mol. The van der Waals surface area contributed by atoms with Gasteiger partial charge in [0.1, 0.15) is 0 Å². The molecule has 2 nitrogen and oxygen atoms in total. The second-order valence-electron chi connectivity index (χ2n) is 4.03. The van der Waals surface area contributed by atoms with Gasteiger partial charge in [0.05, 0.1) is 12.2 Å². The highest BCUT2D eigenvalue weighted by Gasteiger charge is 2.03. The van der Waals surface area contributed by atoms with Gasteiger partial charge in [0.25, 0.3) is 0 Å². The molecule has 2 aromatic rings. The van der Waals surface area contributed by atoms with Gasteiger partial charge in [0.2, 0.25) is 0 Å². The Kier molecular flexibility index (Phi) is 2.58. The Balaban J connectivity index is 2.31. The third-order valence-electron chi connectivity index (χ3n) is 2.74. The zero-order valence-electron chi connectivity index (χ0n) is 9.49. The fourth-order valence-corrected chi connectivity index (χ4v) is 1.81. The monoisotopic (exact) mass is 200 g/mol. The van der Waals surface area contributed by atoms with Gasteiger partial charge >= 0.3 is 0 Å². The lowest BCUT2D eigenvalue weighted by molar-refractivity contribution is 0.674. The van der Waals surface area contributed by atoms with Gasteiger partial charge in [-0.1, -0.05) is 18.2 Å². The Morgan fingerprint density at radius 3 is 2.27 bits per heavy atom. The number of hydrogen-bond donors (Lipinski definition) is 0. The van der Waals surface area contributed by atoms with Gasteiger partial charge < -0.3 is 0 Å². The number of rotatable bonds is 2. The molecule has 0 atom stereocenters. The van der Waals surface area contributed by atoms with E-state index < -0.39 is 0 Å². The van der Waals surface area contributed by atoms with Crippen LogP contribution in [0.25, 0.3) is 0 Å². The number of aromatic nitrogens is 2. The predicted octanol–water partition coefficient (Wildman–Crippen LogP) is 2.86. The van der Waals surface area contributed by atoms with Crippen LogP contribution in [0.1, 0.15) is 22.4 Å². The molecule has 0 unspecified atom stereocenters. The highest BCUT2D eigenvalue weighted by molar-refractivity contribution is 5.33. The van der Waals surface area contributed by atoms with Gasteiger partial charge in [-0.25, -0.2) is 0 Å². The second-order valence-corrected chi connectivity index (χ2v) is 4.03. The first kappa shape index (κ1) is 9.97. The van der Waals surface area contributed by atoms with Gasteiger partial charge in [-0.15, -0.1) is 0 Å². The molecule has 1 aromatic heterocycles. The van der Waals surface area contributed by atoms with E-state index in [4.69, 9.17) is 0 Å². The topological polar surface area (TPSA) is 17.8 Å². The molecule has 0 bridgehead atoms. The summed E-state index contributed by atoms with van der Waals surface area (Å²) in [7, 11) is 0. The third-order valence-corrected chi connectivity index (χ3v) is 2.74. The summed E-state index contributed by atoms with van der Waals surface area (Å²) in [5, 5.41) is 4.40. The van der Waals surface area contributed by atoms with E-state index in [9.17, 15) is 0 Å². The minimum atomic E-state index is 0.867. The molecule has 0 saturated carbocycles. The van der Waals surface area contributed by atoms with Crippen LogP contribution < -0.4 is 0 Å². The summed E-state index contributed by atoms with van der Waals surface area (Å²) < 4.78 is 1.99. The Morgan fingerprint density at radius 1 is 1.07 bits per heavy atom. The third kappa shape index (κ3) is 2.09. The van der Waals surface area contributed by atoms with Crippen molar-refractivity contribution < 1.29 is 0 Å². The standard InChI is InChI=1S/C13H16N2/c1-10-5-4-6-11(2)13(10)9-15-8-7-12(3)14-15/h4-8H,9H2,1-3H3. The molecule has 0 radical (unpaired) electrons. The maximum absolute atomic E-state index is 4.40. The van der Waals surface area contributed by atoms with E-state index in [2.05, 4.69) is 37.1 Å². The SMILES string of the molecule is Cc1ccn(Cc2c(C)cccc2C)n1. The molecule has 1 heterocycles. The van der Waals surface area contributed by atoms with Crippen LogP contribution in [0.3, 0.4) is 0 Å². The van der Waals surface area contributed by atoms with E-state index in [0.717, 1.165) is 12.2 Å². The van der Waals surface area contributed by atoms with Gasteiger partial charge in [0.15, 0.2) is 0 Å². The average molecular weight is 200 g/mol. The van der Waals surface area contributed by atoms with Crippen molar-refractivity contribution in [1.82, 2.24) is 9.78 Å². The van der Waals surface area contributed by atoms with Crippen LogP contribution in [-0.2, 0) is 6.54 Å². The number of nitrogens with zero attached hydrogens (tertiary/aromatic N) is 2. The van der Waals surface area contributed by atoms with Crippen molar-refractivity contribution in [3.63, 3.8) is 0 Å². The summed E-state index contributed by atoms with van der Waals surface area (Å²) in [6.07, 6.45) is 2.03. The summed E-state index contributed by atoms with van der Waals surface area (Å²) >= 11 is 0. The predicted molar refractivity (Wildman–Crippen MR) is 62.0 cm³/mol. The lowest BCUT2D eigenvalue weighted by Crippen LogP contribution is -2.04. The zero-order valence-corrected chi connectivity index (χ0v) is 9.49. The van der Waals surface area contributed by atoms with E-state index in [0.29, 0.717) is 0 Å². The lowest BCUT2D eigenvalue weighted by Gasteiger charge is -2.09. The largest absolute Gasteiger partial charge is 0.268 e. The fraction of sp³-hybridized carbons (Fsp3) is 0.308. The first-order chi connectivity index (χ1) is 7.16. The van der Waals surface area contributed by atoms with Crippen molar-refractivity contribution >= 4 is 0 Å². The summed E-state index contributed by atoms with van der Waals surface area (Å²) in [5.41, 5.74) is 5.12. The van der Waals surface area contributed by atoms with Gasteiger partial charge in [0, 0.05) is 6.20 Å². The fourth-order valence-electron chi connectivity index (χ4n) is 1.81. The Morgan fingerprint density at radius 2 is 1.73 bits per heavy atom. The maximum atomic E-state index is 4.40. The van der Waals surface area contributed by atoms with E-state index in [1.807, 2.05) is 23.9 Å². The second kappa shape index (κ2) is 3.89. The summed E-state index contributed by atoms with van der Waals surface area (Å²) in [5.74, 6) is 0. The molecule has 78 valence electrons. The first-order valence-electron chi connectivity index (χ1n) is 5.22. The van der Waals surface area contributed by atoms with Crippen LogP contribution in [0.2, 0.25) is 0 Å². The quantitative estimate of drug-likeness (QED) is 0.729. The minimum Gasteiger partial charge on any atom is -0.268 e. The molecule has 2 rings (SSSR count). The van der Waals surface area contributed by atoms with Crippen LogP contribution in [0, 0.1) is 20.8 Å². The Bertz CT molecular complexity index is 449. The molecule has 0 saturated heterocycles. The van der Waals surface area contributed by atoms with Gasteiger partial charge in [-0.3, -0.25) is 4.68 Å². The Hall–Kier alpha value is -1.57. The number of aryl methyl sites for hydroxylation is 3. The van der Waals surface area contributed by atoms with Crippen LogP contribution in [0.5, 0.6) is 0 Å². The van der Waals surface area contributed by atoms with Crippen LogP contribution >= 0.6 is 0 Å².